The van der Waals surface area contributed by atoms with Gasteiger partial charge in [-0.2, -0.15) is 0 Å². The van der Waals surface area contributed by atoms with Crippen LogP contribution in [0, 0.1) is 5.92 Å². The lowest BCUT2D eigenvalue weighted by Gasteiger charge is -2.42. The number of carbonyl (C=O) groups is 1. The lowest BCUT2D eigenvalue weighted by molar-refractivity contribution is -0.138. The number of carbonyl (C=O) groups excluding carboxylic acids is 1. The Labute approximate surface area is 215 Å². The first-order valence-electron chi connectivity index (χ1n) is 12.9. The fourth-order valence-electron chi connectivity index (χ4n) is 5.22. The molecule has 5 heteroatoms. The summed E-state index contributed by atoms with van der Waals surface area (Å²) in [4.78, 5) is 18.0. The van der Waals surface area contributed by atoms with Gasteiger partial charge in [-0.15, -0.1) is 0 Å². The molecule has 1 saturated heterocycles. The molecule has 1 aliphatic rings. The lowest BCUT2D eigenvalue weighted by Crippen LogP contribution is -2.56. The van der Waals surface area contributed by atoms with E-state index in [0.29, 0.717) is 6.04 Å². The van der Waals surface area contributed by atoms with Gasteiger partial charge in [-0.25, -0.2) is 0 Å². The Morgan fingerprint density at radius 3 is 2.54 bits per heavy atom. The summed E-state index contributed by atoms with van der Waals surface area (Å²) in [7, 11) is 2.01. The van der Waals surface area contributed by atoms with Crippen LogP contribution in [0.1, 0.15) is 30.9 Å². The third-order valence-electron chi connectivity index (χ3n) is 7.26. The number of hydrogen-bond acceptors (Lipinski definition) is 3. The Bertz CT molecular complexity index is 1100. The van der Waals surface area contributed by atoms with Gasteiger partial charge in [-0.3, -0.25) is 9.69 Å². The predicted molar refractivity (Wildman–Crippen MR) is 147 cm³/mol. The largest absolute Gasteiger partial charge is 0.340 e. The van der Waals surface area contributed by atoms with Gasteiger partial charge in [0.2, 0.25) is 5.91 Å². The van der Waals surface area contributed by atoms with Crippen molar-refractivity contribution >= 4 is 28.3 Å². The monoisotopic (exact) mass is 491 g/mol. The van der Waals surface area contributed by atoms with Crippen molar-refractivity contribution in [2.45, 2.75) is 38.6 Å². The summed E-state index contributed by atoms with van der Waals surface area (Å²) in [5.74, 6) is 0.242. The van der Waals surface area contributed by atoms with Gasteiger partial charge in [-0.1, -0.05) is 73.1 Å². The number of amides is 1. The first-order chi connectivity index (χ1) is 17.0. The van der Waals surface area contributed by atoms with E-state index in [1.807, 2.05) is 31.3 Å². The highest BCUT2D eigenvalue weighted by atomic mass is 35.5. The van der Waals surface area contributed by atoms with Gasteiger partial charge in [0.05, 0.1) is 0 Å². The Balaban J connectivity index is 1.36. The first-order valence-corrected chi connectivity index (χ1v) is 13.3. The molecule has 1 N–H and O–H groups in total. The van der Waals surface area contributed by atoms with E-state index in [1.54, 1.807) is 0 Å². The molecule has 0 radical (unpaired) electrons. The molecule has 0 bridgehead atoms. The van der Waals surface area contributed by atoms with Gasteiger partial charge >= 0.3 is 0 Å². The van der Waals surface area contributed by atoms with Crippen LogP contribution in [0.15, 0.2) is 66.7 Å². The number of nitrogens with zero attached hydrogens (tertiary/aromatic N) is 2. The molecular weight excluding hydrogens is 454 g/mol. The maximum atomic E-state index is 13.3. The molecule has 35 heavy (non-hydrogen) atoms. The van der Waals surface area contributed by atoms with Crippen LogP contribution >= 0.6 is 11.6 Å². The van der Waals surface area contributed by atoms with Crippen molar-refractivity contribution < 1.29 is 4.79 Å². The molecule has 1 heterocycles. The Morgan fingerprint density at radius 1 is 1.03 bits per heavy atom. The zero-order valence-corrected chi connectivity index (χ0v) is 21.8. The highest BCUT2D eigenvalue weighted by Gasteiger charge is 2.31. The molecule has 4 rings (SSSR count). The van der Waals surface area contributed by atoms with E-state index in [0.717, 1.165) is 69.0 Å². The van der Waals surface area contributed by atoms with E-state index in [1.165, 1.54) is 16.3 Å². The Kier molecular flexibility index (Phi) is 9.19. The van der Waals surface area contributed by atoms with Crippen molar-refractivity contribution in [3.8, 4) is 0 Å². The first kappa shape index (κ1) is 25.7. The van der Waals surface area contributed by atoms with Gasteiger partial charge in [0.25, 0.3) is 0 Å². The molecule has 0 aromatic heterocycles. The van der Waals surface area contributed by atoms with Crippen LogP contribution in [0.3, 0.4) is 0 Å². The van der Waals surface area contributed by atoms with E-state index >= 15 is 0 Å². The maximum absolute atomic E-state index is 13.3. The number of fused-ring (bicyclic) bond motifs is 1. The lowest BCUT2D eigenvalue weighted by atomic mass is 9.98. The summed E-state index contributed by atoms with van der Waals surface area (Å²) in [5, 5.41) is 6.60. The second kappa shape index (κ2) is 12.5. The molecular formula is C30H38ClN3O. The van der Waals surface area contributed by atoms with E-state index in [4.69, 9.17) is 11.6 Å². The number of halogens is 1. The smallest absolute Gasteiger partial charge is 0.225 e. The number of nitrogens with one attached hydrogen (secondary N) is 1. The zero-order chi connectivity index (χ0) is 24.6. The van der Waals surface area contributed by atoms with Crippen molar-refractivity contribution in [3.63, 3.8) is 0 Å². The molecule has 1 aliphatic heterocycles. The average molecular weight is 492 g/mol. The standard InChI is InChI=1S/C30H38ClN3O/c1-23(20-24-10-13-28(31)14-11-24)30(35)34-19-18-33(29(22-34)8-5-16-32-2)17-15-25-9-12-26-6-3-4-7-27(26)21-25/h3-4,6-7,9-14,21,23,29,32H,5,8,15-20,22H2,1-2H3/t23-,29-/m1/s1. The molecule has 186 valence electrons. The number of rotatable bonds is 10. The Hall–Kier alpha value is -2.40. The molecule has 1 amide bonds. The van der Waals surface area contributed by atoms with Gasteiger partial charge < -0.3 is 10.2 Å². The van der Waals surface area contributed by atoms with Crippen LogP contribution in [0.2, 0.25) is 5.02 Å². The molecule has 0 spiro atoms. The minimum absolute atomic E-state index is 0.0294. The summed E-state index contributed by atoms with van der Waals surface area (Å²) >= 11 is 6.02. The molecule has 4 nitrogen and oxygen atoms in total. The minimum Gasteiger partial charge on any atom is -0.340 e. The third-order valence-corrected chi connectivity index (χ3v) is 7.51. The molecule has 3 aromatic rings. The molecule has 1 fully saturated rings. The number of piperazine rings is 1. The van der Waals surface area contributed by atoms with Crippen molar-refractivity contribution in [3.05, 3.63) is 82.9 Å². The summed E-state index contributed by atoms with van der Waals surface area (Å²) in [6.07, 6.45) is 4.01. The molecule has 2 atom stereocenters. The summed E-state index contributed by atoms with van der Waals surface area (Å²) in [6, 6.07) is 23.6. The van der Waals surface area contributed by atoms with Crippen molar-refractivity contribution in [1.29, 1.82) is 0 Å². The predicted octanol–water partition coefficient (Wildman–Crippen LogP) is 5.43. The maximum Gasteiger partial charge on any atom is 0.225 e. The van der Waals surface area contributed by atoms with Crippen LogP contribution in [-0.2, 0) is 17.6 Å². The van der Waals surface area contributed by atoms with Gasteiger partial charge in [0, 0.05) is 43.2 Å². The second-order valence-electron chi connectivity index (χ2n) is 9.88. The van der Waals surface area contributed by atoms with Gasteiger partial charge in [-0.05, 0) is 73.3 Å². The Morgan fingerprint density at radius 2 is 1.77 bits per heavy atom. The van der Waals surface area contributed by atoms with Crippen LogP contribution < -0.4 is 5.32 Å². The van der Waals surface area contributed by atoms with Gasteiger partial charge in [0.1, 0.15) is 0 Å². The molecule has 0 saturated carbocycles. The second-order valence-corrected chi connectivity index (χ2v) is 10.3. The quantitative estimate of drug-likeness (QED) is 0.384. The fraction of sp³-hybridized carbons (Fsp3) is 0.433. The number of hydrogen-bond donors (Lipinski definition) is 1. The SMILES string of the molecule is CNCCC[C@@H]1CN(C(=O)[C@H](C)Cc2ccc(Cl)cc2)CCN1CCc1ccc2ccccc2c1. The summed E-state index contributed by atoms with van der Waals surface area (Å²) in [5.41, 5.74) is 2.54. The van der Waals surface area contributed by atoms with Crippen LogP contribution in [0.4, 0.5) is 0 Å². The van der Waals surface area contributed by atoms with E-state index in [-0.39, 0.29) is 11.8 Å². The molecule has 0 unspecified atom stereocenters. The molecule has 3 aromatic carbocycles. The van der Waals surface area contributed by atoms with Crippen LogP contribution in [-0.4, -0.2) is 61.5 Å². The van der Waals surface area contributed by atoms with Crippen LogP contribution in [0.5, 0.6) is 0 Å². The minimum atomic E-state index is -0.0294. The van der Waals surface area contributed by atoms with E-state index in [2.05, 4.69) is 64.5 Å². The molecule has 0 aliphatic carbocycles. The van der Waals surface area contributed by atoms with E-state index in [9.17, 15) is 4.79 Å². The number of benzene rings is 3. The third kappa shape index (κ3) is 7.07. The highest BCUT2D eigenvalue weighted by Crippen LogP contribution is 2.21. The summed E-state index contributed by atoms with van der Waals surface area (Å²) in [6.45, 7) is 6.67. The zero-order valence-electron chi connectivity index (χ0n) is 21.1. The van der Waals surface area contributed by atoms with E-state index < -0.39 is 0 Å². The van der Waals surface area contributed by atoms with Gasteiger partial charge in [0.15, 0.2) is 0 Å². The average Bonchev–Trinajstić information content (AvgIpc) is 2.88. The highest BCUT2D eigenvalue weighted by molar-refractivity contribution is 6.30. The van der Waals surface area contributed by atoms with Crippen molar-refractivity contribution in [2.24, 2.45) is 5.92 Å². The fourth-order valence-corrected chi connectivity index (χ4v) is 5.34. The topological polar surface area (TPSA) is 35.6 Å². The van der Waals surface area contributed by atoms with Crippen LogP contribution in [0.25, 0.3) is 10.8 Å². The van der Waals surface area contributed by atoms with Crippen molar-refractivity contribution in [2.75, 3.05) is 39.8 Å². The van der Waals surface area contributed by atoms with Crippen molar-refractivity contribution in [1.82, 2.24) is 15.1 Å². The normalized spacial score (nSPS) is 17.6. The summed E-state index contributed by atoms with van der Waals surface area (Å²) < 4.78 is 0.